The number of alkyl carbamates (subject to hydrolysis) is 1. The first-order valence-electron chi connectivity index (χ1n) is 13.4. The fourth-order valence-electron chi connectivity index (χ4n) is 5.02. The summed E-state index contributed by atoms with van der Waals surface area (Å²) in [5, 5.41) is 14.9. The monoisotopic (exact) mass is 579 g/mol. The van der Waals surface area contributed by atoms with Crippen LogP contribution in [0.1, 0.15) is 38.2 Å². The van der Waals surface area contributed by atoms with Crippen LogP contribution >= 0.6 is 0 Å². The number of carbonyl (C=O) groups is 2. The highest BCUT2D eigenvalue weighted by Gasteiger charge is 2.34. The Morgan fingerprint density at radius 3 is 2.43 bits per heavy atom. The third-order valence-electron chi connectivity index (χ3n) is 6.96. The van der Waals surface area contributed by atoms with Crippen LogP contribution in [-0.2, 0) is 11.8 Å². The lowest BCUT2D eigenvalue weighted by molar-refractivity contribution is 0.0499. The topological polar surface area (TPSA) is 123 Å². The number of nitrogens with zero attached hydrogens (tertiary/aromatic N) is 5. The number of hydrogen-bond acceptors (Lipinski definition) is 7. The third kappa shape index (κ3) is 5.67. The summed E-state index contributed by atoms with van der Waals surface area (Å²) in [6.07, 6.45) is 1.18. The van der Waals surface area contributed by atoms with Crippen LogP contribution in [0.4, 0.5) is 25.0 Å². The predicted octanol–water partition coefficient (Wildman–Crippen LogP) is 4.00. The smallest absolute Gasteiger partial charge is 0.407 e. The van der Waals surface area contributed by atoms with E-state index in [9.17, 15) is 23.2 Å². The van der Waals surface area contributed by atoms with E-state index in [1.54, 1.807) is 50.8 Å². The maximum absolute atomic E-state index is 14.4. The largest absolute Gasteiger partial charge is 0.444 e. The lowest BCUT2D eigenvalue weighted by Crippen LogP contribution is -2.42. The fraction of sp³-hybridized carbons (Fsp3) is 0.345. The van der Waals surface area contributed by atoms with Gasteiger partial charge in [-0.15, -0.1) is 0 Å². The van der Waals surface area contributed by atoms with Gasteiger partial charge >= 0.3 is 6.09 Å². The second-order valence-electron chi connectivity index (χ2n) is 11.3. The Bertz CT molecular complexity index is 1720. The van der Waals surface area contributed by atoms with E-state index in [0.29, 0.717) is 29.1 Å². The summed E-state index contributed by atoms with van der Waals surface area (Å²) in [6, 6.07) is 8.67. The number of anilines is 2. The average molecular weight is 580 g/mol. The fourth-order valence-corrected chi connectivity index (χ4v) is 5.02. The molecule has 0 unspecified atom stereocenters. The van der Waals surface area contributed by atoms with Gasteiger partial charge in [0, 0.05) is 31.6 Å². The Labute approximate surface area is 240 Å². The standard InChI is InChI=1S/C29H31F2N7O4/c1-16-14-37(15-22(16)34-28(41)42-29(2,3)4)25-17-13-32-36(5)23(17)11-9-20(25)33-27(40)21-10-12-24(39)38(35-21)26-18(30)7-6-8-19(26)31/h6-13,16,22H,14-15H2,1-5H3,(H,33,40)(H,34,41)/t16-,22+/m1/s1. The number of halogens is 2. The highest BCUT2D eigenvalue weighted by Crippen LogP contribution is 2.38. The van der Waals surface area contributed by atoms with Gasteiger partial charge in [-0.25, -0.2) is 13.6 Å². The van der Waals surface area contributed by atoms with E-state index in [-0.39, 0.29) is 17.7 Å². The van der Waals surface area contributed by atoms with Crippen LogP contribution in [0.5, 0.6) is 0 Å². The van der Waals surface area contributed by atoms with E-state index in [4.69, 9.17) is 4.74 Å². The van der Waals surface area contributed by atoms with Crippen LogP contribution in [0.2, 0.25) is 0 Å². The SMILES string of the molecule is C[C@@H]1CN(c2c(NC(=O)c3ccc(=O)n(-c4c(F)cccc4F)n3)ccc3c2cnn3C)C[C@@H]1NC(=O)OC(C)(C)C. The molecule has 3 heterocycles. The Morgan fingerprint density at radius 2 is 1.74 bits per heavy atom. The van der Waals surface area contributed by atoms with Gasteiger partial charge in [-0.1, -0.05) is 13.0 Å². The molecule has 0 radical (unpaired) electrons. The molecule has 2 N–H and O–H groups in total. The molecule has 5 rings (SSSR count). The van der Waals surface area contributed by atoms with E-state index in [0.717, 1.165) is 29.1 Å². The molecular formula is C29H31F2N7O4. The van der Waals surface area contributed by atoms with Crippen molar-refractivity contribution in [2.45, 2.75) is 39.3 Å². The van der Waals surface area contributed by atoms with Gasteiger partial charge in [0.2, 0.25) is 0 Å². The Morgan fingerprint density at radius 1 is 1.02 bits per heavy atom. The molecule has 0 aliphatic carbocycles. The molecule has 1 fully saturated rings. The number of nitrogens with one attached hydrogen (secondary N) is 2. The Balaban J connectivity index is 1.47. The minimum Gasteiger partial charge on any atom is -0.444 e. The van der Waals surface area contributed by atoms with Crippen LogP contribution in [0.3, 0.4) is 0 Å². The molecule has 1 aliphatic heterocycles. The highest BCUT2D eigenvalue weighted by molar-refractivity contribution is 6.09. The minimum absolute atomic E-state index is 0.0499. The van der Waals surface area contributed by atoms with Crippen LogP contribution in [0.25, 0.3) is 16.6 Å². The number of rotatable bonds is 5. The van der Waals surface area contributed by atoms with Gasteiger partial charge in [-0.3, -0.25) is 14.3 Å². The maximum atomic E-state index is 14.4. The number of amides is 2. The Hall–Kier alpha value is -4.81. The highest BCUT2D eigenvalue weighted by atomic mass is 19.1. The number of fused-ring (bicyclic) bond motifs is 1. The maximum Gasteiger partial charge on any atom is 0.407 e. The summed E-state index contributed by atoms with van der Waals surface area (Å²) in [5.41, 5.74) is -0.412. The zero-order chi connectivity index (χ0) is 30.3. The van der Waals surface area contributed by atoms with Gasteiger partial charge in [-0.05, 0) is 57.0 Å². The van der Waals surface area contributed by atoms with Crippen molar-refractivity contribution in [1.29, 1.82) is 0 Å². The first kappa shape index (κ1) is 28.7. The van der Waals surface area contributed by atoms with Crippen LogP contribution < -0.4 is 21.1 Å². The number of carbonyl (C=O) groups excluding carboxylic acids is 2. The second kappa shape index (κ2) is 10.9. The van der Waals surface area contributed by atoms with Gasteiger partial charge < -0.3 is 20.3 Å². The van der Waals surface area contributed by atoms with Crippen molar-refractivity contribution in [2.24, 2.45) is 13.0 Å². The zero-order valence-corrected chi connectivity index (χ0v) is 23.8. The molecule has 4 aromatic rings. The van der Waals surface area contributed by atoms with E-state index in [2.05, 4.69) is 25.7 Å². The van der Waals surface area contributed by atoms with Gasteiger partial charge in [0.1, 0.15) is 17.0 Å². The number of aromatic nitrogens is 4. The van der Waals surface area contributed by atoms with E-state index >= 15 is 0 Å². The lowest BCUT2D eigenvalue weighted by Gasteiger charge is -2.24. The molecule has 1 aliphatic rings. The summed E-state index contributed by atoms with van der Waals surface area (Å²) in [4.78, 5) is 40.4. The van der Waals surface area contributed by atoms with Crippen molar-refractivity contribution >= 4 is 34.3 Å². The van der Waals surface area contributed by atoms with E-state index < -0.39 is 40.5 Å². The molecule has 0 spiro atoms. The molecule has 0 saturated carbocycles. The van der Waals surface area contributed by atoms with Gasteiger partial charge in [0.15, 0.2) is 11.6 Å². The molecule has 2 amide bonds. The van der Waals surface area contributed by atoms with Crippen LogP contribution in [0, 0.1) is 17.6 Å². The molecule has 220 valence electrons. The predicted molar refractivity (Wildman–Crippen MR) is 153 cm³/mol. The number of ether oxygens (including phenoxy) is 1. The number of hydrogen-bond donors (Lipinski definition) is 2. The number of benzene rings is 2. The zero-order valence-electron chi connectivity index (χ0n) is 23.8. The molecule has 42 heavy (non-hydrogen) atoms. The van der Waals surface area contributed by atoms with Gasteiger partial charge in [0.05, 0.1) is 29.1 Å². The summed E-state index contributed by atoms with van der Waals surface area (Å²) in [7, 11) is 1.80. The first-order chi connectivity index (χ1) is 19.8. The second-order valence-corrected chi connectivity index (χ2v) is 11.3. The summed E-state index contributed by atoms with van der Waals surface area (Å²) in [5.74, 6) is -2.64. The molecule has 11 nitrogen and oxygen atoms in total. The van der Waals surface area contributed by atoms with Crippen molar-refractivity contribution < 1.29 is 23.1 Å². The summed E-state index contributed by atoms with van der Waals surface area (Å²) >= 11 is 0. The molecule has 2 aromatic carbocycles. The molecular weight excluding hydrogens is 548 g/mol. The molecule has 2 aromatic heterocycles. The van der Waals surface area contributed by atoms with Gasteiger partial charge in [0.25, 0.3) is 11.5 Å². The summed E-state index contributed by atoms with van der Waals surface area (Å²) < 4.78 is 36.5. The summed E-state index contributed by atoms with van der Waals surface area (Å²) in [6.45, 7) is 8.40. The average Bonchev–Trinajstić information content (AvgIpc) is 3.45. The van der Waals surface area contributed by atoms with E-state index in [1.165, 1.54) is 12.1 Å². The normalized spacial score (nSPS) is 17.0. The number of para-hydroxylation sites is 1. The molecule has 0 bridgehead atoms. The Kier molecular flexibility index (Phi) is 7.43. The molecule has 2 atom stereocenters. The van der Waals surface area contributed by atoms with Crippen molar-refractivity contribution in [2.75, 3.05) is 23.3 Å². The van der Waals surface area contributed by atoms with Crippen LogP contribution in [0.15, 0.2) is 53.5 Å². The van der Waals surface area contributed by atoms with Crippen molar-refractivity contribution in [3.05, 3.63) is 76.3 Å². The van der Waals surface area contributed by atoms with Crippen molar-refractivity contribution in [3.8, 4) is 5.69 Å². The minimum atomic E-state index is -0.996. The molecule has 13 heteroatoms. The first-order valence-corrected chi connectivity index (χ1v) is 13.4. The van der Waals surface area contributed by atoms with Gasteiger partial charge in [-0.2, -0.15) is 14.9 Å². The molecule has 1 saturated heterocycles. The quantitative estimate of drug-likeness (QED) is 0.366. The lowest BCUT2D eigenvalue weighted by atomic mass is 10.1. The number of aryl methyl sites for hydroxylation is 1. The van der Waals surface area contributed by atoms with Crippen LogP contribution in [-0.4, -0.2) is 56.3 Å². The van der Waals surface area contributed by atoms with E-state index in [1.807, 2.05) is 6.92 Å². The van der Waals surface area contributed by atoms with Crippen molar-refractivity contribution in [1.82, 2.24) is 24.9 Å². The third-order valence-corrected chi connectivity index (χ3v) is 6.96. The van der Waals surface area contributed by atoms with Crippen molar-refractivity contribution in [3.63, 3.8) is 0 Å².